The Bertz CT molecular complexity index is 975. The maximum Gasteiger partial charge on any atom is 0.387 e. The smallest absolute Gasteiger partial charge is 0.387 e. The molecule has 1 amide bonds. The summed E-state index contributed by atoms with van der Waals surface area (Å²) in [7, 11) is 0. The molecule has 0 bridgehead atoms. The molecule has 3 aromatic rings. The molecule has 0 unspecified atom stereocenters. The van der Waals surface area contributed by atoms with E-state index in [1.54, 1.807) is 23.4 Å². The van der Waals surface area contributed by atoms with Gasteiger partial charge in [0.1, 0.15) is 5.75 Å². The molecule has 0 atom stereocenters. The van der Waals surface area contributed by atoms with Gasteiger partial charge < -0.3 is 4.74 Å². The van der Waals surface area contributed by atoms with Crippen LogP contribution in [-0.4, -0.2) is 32.7 Å². The summed E-state index contributed by atoms with van der Waals surface area (Å²) in [5.41, 5.74) is 3.64. The summed E-state index contributed by atoms with van der Waals surface area (Å²) >= 11 is 0. The van der Waals surface area contributed by atoms with Crippen molar-refractivity contribution in [1.29, 1.82) is 0 Å². The van der Waals surface area contributed by atoms with Gasteiger partial charge in [-0.05, 0) is 24.6 Å². The lowest BCUT2D eigenvalue weighted by Crippen LogP contribution is -2.22. The molecule has 0 aromatic carbocycles. The van der Waals surface area contributed by atoms with Crippen LogP contribution >= 0.6 is 0 Å². The average Bonchev–Trinajstić information content (AvgIpc) is 3.22. The van der Waals surface area contributed by atoms with E-state index in [4.69, 9.17) is 0 Å². The third kappa shape index (κ3) is 2.77. The molecule has 0 saturated heterocycles. The number of aryl methyl sites for hydroxylation is 1. The van der Waals surface area contributed by atoms with E-state index in [1.807, 2.05) is 6.92 Å². The predicted molar refractivity (Wildman–Crippen MR) is 87.9 cm³/mol. The van der Waals surface area contributed by atoms with E-state index >= 15 is 0 Å². The summed E-state index contributed by atoms with van der Waals surface area (Å²) in [6.45, 7) is -0.806. The average molecular weight is 357 g/mol. The van der Waals surface area contributed by atoms with E-state index in [1.165, 1.54) is 18.5 Å². The van der Waals surface area contributed by atoms with Gasteiger partial charge in [0.15, 0.2) is 0 Å². The van der Waals surface area contributed by atoms with Gasteiger partial charge in [-0.1, -0.05) is 0 Å². The Labute approximate surface area is 146 Å². The minimum Gasteiger partial charge on any atom is -0.433 e. The fraction of sp³-hybridized carbons (Fsp3) is 0.176. The van der Waals surface area contributed by atoms with Crippen molar-refractivity contribution < 1.29 is 18.3 Å². The molecule has 1 N–H and O–H groups in total. The van der Waals surface area contributed by atoms with E-state index in [0.717, 1.165) is 5.56 Å². The Morgan fingerprint density at radius 1 is 1.27 bits per heavy atom. The van der Waals surface area contributed by atoms with Crippen molar-refractivity contribution in [2.75, 3.05) is 4.90 Å². The number of amides is 1. The van der Waals surface area contributed by atoms with Crippen molar-refractivity contribution in [2.24, 2.45) is 0 Å². The molecule has 9 heteroatoms. The first kappa shape index (κ1) is 16.1. The molecule has 7 nitrogen and oxygen atoms in total. The molecule has 0 saturated carbocycles. The molecule has 3 aromatic heterocycles. The first-order valence-corrected chi connectivity index (χ1v) is 7.74. The van der Waals surface area contributed by atoms with Gasteiger partial charge in [0.25, 0.3) is 5.91 Å². The number of pyridine rings is 2. The van der Waals surface area contributed by atoms with Crippen LogP contribution in [0.15, 0.2) is 36.9 Å². The number of rotatable bonds is 4. The molecule has 4 heterocycles. The highest BCUT2D eigenvalue weighted by Gasteiger charge is 2.32. The third-order valence-electron chi connectivity index (χ3n) is 4.09. The molecule has 1 aliphatic rings. The normalized spacial score (nSPS) is 13.4. The Kier molecular flexibility index (Phi) is 3.83. The van der Waals surface area contributed by atoms with Crippen molar-refractivity contribution in [3.63, 3.8) is 0 Å². The van der Waals surface area contributed by atoms with Crippen LogP contribution in [-0.2, 0) is 6.54 Å². The molecular weight excluding hydrogens is 344 g/mol. The number of aromatic amines is 1. The monoisotopic (exact) mass is 357 g/mol. The van der Waals surface area contributed by atoms with E-state index in [9.17, 15) is 13.6 Å². The van der Waals surface area contributed by atoms with Gasteiger partial charge in [0.05, 0.1) is 41.6 Å². The Hall–Kier alpha value is -3.36. The maximum atomic E-state index is 12.7. The van der Waals surface area contributed by atoms with Crippen molar-refractivity contribution in [3.8, 4) is 17.0 Å². The SMILES string of the molecule is Cc1cc(-c2cncc(OC(F)F)c2)nc2c1C(=O)N(c1cn[nH]c1)C2. The van der Waals surface area contributed by atoms with Crippen molar-refractivity contribution in [1.82, 2.24) is 20.2 Å². The molecule has 4 rings (SSSR count). The number of H-pyrrole nitrogens is 1. The number of anilines is 1. The third-order valence-corrected chi connectivity index (χ3v) is 4.09. The minimum atomic E-state index is -2.93. The van der Waals surface area contributed by atoms with E-state index in [2.05, 4.69) is 24.9 Å². The number of carbonyl (C=O) groups is 1. The maximum absolute atomic E-state index is 12.7. The zero-order valence-electron chi connectivity index (χ0n) is 13.6. The summed E-state index contributed by atoms with van der Waals surface area (Å²) in [6.07, 6.45) is 5.92. The molecule has 1 aliphatic heterocycles. The van der Waals surface area contributed by atoms with Gasteiger partial charge in [-0.3, -0.25) is 24.8 Å². The number of carbonyl (C=O) groups excluding carboxylic acids is 1. The topological polar surface area (TPSA) is 84.0 Å². The van der Waals surface area contributed by atoms with Gasteiger partial charge in [-0.2, -0.15) is 13.9 Å². The number of halogens is 2. The lowest BCUT2D eigenvalue weighted by atomic mass is 10.1. The lowest BCUT2D eigenvalue weighted by Gasteiger charge is -2.11. The number of ether oxygens (including phenoxy) is 1. The lowest BCUT2D eigenvalue weighted by molar-refractivity contribution is -0.0500. The zero-order chi connectivity index (χ0) is 18.3. The Morgan fingerprint density at radius 3 is 2.85 bits per heavy atom. The van der Waals surface area contributed by atoms with Crippen LogP contribution in [0.3, 0.4) is 0 Å². The number of nitrogens with zero attached hydrogens (tertiary/aromatic N) is 4. The molecule has 0 radical (unpaired) electrons. The predicted octanol–water partition coefficient (Wildman–Crippen LogP) is 2.94. The molecular formula is C17H13F2N5O2. The fourth-order valence-electron chi connectivity index (χ4n) is 2.98. The number of nitrogens with one attached hydrogen (secondary N) is 1. The summed E-state index contributed by atoms with van der Waals surface area (Å²) in [5.74, 6) is -0.195. The molecule has 0 fully saturated rings. The standard InChI is InChI=1S/C17H13F2N5O2/c1-9-2-13(10-3-12(7-20-4-10)26-17(18)19)23-14-8-24(16(25)15(9)14)11-5-21-22-6-11/h2-7,17H,8H2,1H3,(H,21,22). The van der Waals surface area contributed by atoms with Crippen molar-refractivity contribution >= 4 is 11.6 Å². The van der Waals surface area contributed by atoms with Crippen LogP contribution in [0.2, 0.25) is 0 Å². The molecule has 0 aliphatic carbocycles. The van der Waals surface area contributed by atoms with Crippen LogP contribution in [0.25, 0.3) is 11.3 Å². The zero-order valence-corrected chi connectivity index (χ0v) is 13.6. The van der Waals surface area contributed by atoms with Crippen LogP contribution in [0.5, 0.6) is 5.75 Å². The Balaban J connectivity index is 1.71. The van der Waals surface area contributed by atoms with Gasteiger partial charge >= 0.3 is 6.61 Å². The Morgan fingerprint density at radius 2 is 2.12 bits per heavy atom. The van der Waals surface area contributed by atoms with Crippen LogP contribution in [0, 0.1) is 6.92 Å². The summed E-state index contributed by atoms with van der Waals surface area (Å²) in [6, 6.07) is 3.18. The highest BCUT2D eigenvalue weighted by molar-refractivity contribution is 6.10. The largest absolute Gasteiger partial charge is 0.433 e. The number of fused-ring (bicyclic) bond motifs is 1. The highest BCUT2D eigenvalue weighted by Crippen LogP contribution is 2.32. The molecule has 132 valence electrons. The number of aromatic nitrogens is 4. The van der Waals surface area contributed by atoms with E-state index in [0.29, 0.717) is 34.7 Å². The number of alkyl halides is 2. The van der Waals surface area contributed by atoms with E-state index < -0.39 is 6.61 Å². The van der Waals surface area contributed by atoms with Gasteiger partial charge in [-0.15, -0.1) is 0 Å². The van der Waals surface area contributed by atoms with Crippen LogP contribution < -0.4 is 9.64 Å². The van der Waals surface area contributed by atoms with Crippen LogP contribution in [0.4, 0.5) is 14.5 Å². The van der Waals surface area contributed by atoms with Gasteiger partial charge in [-0.25, -0.2) is 0 Å². The number of hydrogen-bond donors (Lipinski definition) is 1. The second-order valence-electron chi connectivity index (χ2n) is 5.78. The van der Waals surface area contributed by atoms with Gasteiger partial charge in [0, 0.05) is 18.0 Å². The van der Waals surface area contributed by atoms with Crippen molar-refractivity contribution in [3.05, 3.63) is 53.7 Å². The number of hydrogen-bond acceptors (Lipinski definition) is 5. The summed E-state index contributed by atoms with van der Waals surface area (Å²) in [5, 5.41) is 6.54. The van der Waals surface area contributed by atoms with Gasteiger partial charge in [0.2, 0.25) is 0 Å². The van der Waals surface area contributed by atoms with E-state index in [-0.39, 0.29) is 11.7 Å². The quantitative estimate of drug-likeness (QED) is 0.776. The summed E-state index contributed by atoms with van der Waals surface area (Å²) in [4.78, 5) is 22.7. The first-order valence-electron chi connectivity index (χ1n) is 7.74. The van der Waals surface area contributed by atoms with Crippen LogP contribution in [0.1, 0.15) is 21.6 Å². The fourth-order valence-corrected chi connectivity index (χ4v) is 2.98. The highest BCUT2D eigenvalue weighted by atomic mass is 19.3. The second-order valence-corrected chi connectivity index (χ2v) is 5.78. The summed E-state index contributed by atoms with van der Waals surface area (Å²) < 4.78 is 29.2. The molecule has 0 spiro atoms. The molecule has 26 heavy (non-hydrogen) atoms. The first-order chi connectivity index (χ1) is 12.5. The second kappa shape index (κ2) is 6.17. The minimum absolute atomic E-state index is 0.0476. The van der Waals surface area contributed by atoms with Crippen molar-refractivity contribution in [2.45, 2.75) is 20.1 Å².